The van der Waals surface area contributed by atoms with Gasteiger partial charge in [0.1, 0.15) is 5.75 Å². The molecular formula is C20H23N3O2. The van der Waals surface area contributed by atoms with Crippen molar-refractivity contribution in [2.24, 2.45) is 0 Å². The van der Waals surface area contributed by atoms with Gasteiger partial charge < -0.3 is 14.8 Å². The van der Waals surface area contributed by atoms with E-state index in [2.05, 4.69) is 10.3 Å². The highest BCUT2D eigenvalue weighted by atomic mass is 16.5. The molecule has 1 saturated heterocycles. The van der Waals surface area contributed by atoms with Crippen molar-refractivity contribution in [1.29, 1.82) is 0 Å². The monoisotopic (exact) mass is 337 g/mol. The predicted octanol–water partition coefficient (Wildman–Crippen LogP) is 3.76. The molecule has 2 aliphatic heterocycles. The Kier molecular flexibility index (Phi) is 3.45. The predicted molar refractivity (Wildman–Crippen MR) is 95.9 cm³/mol. The number of benzene rings is 1. The molecule has 1 aliphatic carbocycles. The minimum absolute atomic E-state index is 0.0929. The smallest absolute Gasteiger partial charge is 0.159 e. The van der Waals surface area contributed by atoms with E-state index < -0.39 is 0 Å². The highest BCUT2D eigenvalue weighted by Crippen LogP contribution is 2.50. The Morgan fingerprint density at radius 1 is 1.24 bits per heavy atom. The number of fused-ring (bicyclic) bond motifs is 3. The molecule has 5 nitrogen and oxygen atoms in total. The lowest BCUT2D eigenvalue weighted by Crippen LogP contribution is -2.40. The lowest BCUT2D eigenvalue weighted by molar-refractivity contribution is -0.0318. The second kappa shape index (κ2) is 5.70. The summed E-state index contributed by atoms with van der Waals surface area (Å²) in [5.41, 5.74) is 3.38. The van der Waals surface area contributed by atoms with Crippen LogP contribution in [0.5, 0.6) is 5.75 Å². The van der Waals surface area contributed by atoms with Crippen LogP contribution >= 0.6 is 0 Å². The van der Waals surface area contributed by atoms with Crippen molar-refractivity contribution in [3.63, 3.8) is 0 Å². The Balaban J connectivity index is 1.47. The van der Waals surface area contributed by atoms with Gasteiger partial charge in [0.05, 0.1) is 30.3 Å². The molecule has 25 heavy (non-hydrogen) atoms. The zero-order chi connectivity index (χ0) is 16.9. The number of hydrogen-bond acceptors (Lipinski definition) is 5. The van der Waals surface area contributed by atoms with Crippen LogP contribution in [0.3, 0.4) is 0 Å². The SMILES string of the molecule is COc1ccc(-c2ncc3c(n2)C2CC4(CCCO4)CCC2N3)cc1. The molecule has 1 aromatic carbocycles. The van der Waals surface area contributed by atoms with Gasteiger partial charge in [-0.25, -0.2) is 9.97 Å². The van der Waals surface area contributed by atoms with Crippen molar-refractivity contribution in [1.82, 2.24) is 9.97 Å². The first-order valence-corrected chi connectivity index (χ1v) is 9.18. The first-order valence-electron chi connectivity index (χ1n) is 9.18. The number of ether oxygens (including phenoxy) is 2. The molecule has 3 heterocycles. The Morgan fingerprint density at radius 2 is 2.12 bits per heavy atom. The number of hydrogen-bond donors (Lipinski definition) is 1. The van der Waals surface area contributed by atoms with E-state index >= 15 is 0 Å². The zero-order valence-electron chi connectivity index (χ0n) is 14.5. The summed E-state index contributed by atoms with van der Waals surface area (Å²) in [6.45, 7) is 0.915. The molecule has 3 atom stereocenters. The number of methoxy groups -OCH3 is 1. The molecule has 3 aliphatic rings. The largest absolute Gasteiger partial charge is 0.497 e. The van der Waals surface area contributed by atoms with Crippen LogP contribution in [-0.2, 0) is 4.74 Å². The number of nitrogens with one attached hydrogen (secondary N) is 1. The molecule has 0 radical (unpaired) electrons. The van der Waals surface area contributed by atoms with E-state index in [-0.39, 0.29) is 5.60 Å². The molecule has 5 heteroatoms. The summed E-state index contributed by atoms with van der Waals surface area (Å²) < 4.78 is 11.4. The van der Waals surface area contributed by atoms with Crippen LogP contribution in [0.1, 0.15) is 43.7 Å². The summed E-state index contributed by atoms with van der Waals surface area (Å²) in [5, 5.41) is 3.64. The molecule has 0 amide bonds. The van der Waals surface area contributed by atoms with E-state index in [1.54, 1.807) is 7.11 Å². The maximum atomic E-state index is 6.16. The third-order valence-corrected chi connectivity index (χ3v) is 6.03. The van der Waals surface area contributed by atoms with E-state index in [1.165, 1.54) is 18.5 Å². The fourth-order valence-corrected chi connectivity index (χ4v) is 4.71. The molecule has 1 aromatic heterocycles. The van der Waals surface area contributed by atoms with Crippen LogP contribution in [0.15, 0.2) is 30.5 Å². The lowest BCUT2D eigenvalue weighted by Gasteiger charge is -2.39. The third kappa shape index (κ3) is 2.49. The normalized spacial score (nSPS) is 30.0. The average molecular weight is 337 g/mol. The summed E-state index contributed by atoms with van der Waals surface area (Å²) in [4.78, 5) is 9.53. The second-order valence-electron chi connectivity index (χ2n) is 7.46. The Bertz CT molecular complexity index is 784. The van der Waals surface area contributed by atoms with Gasteiger partial charge >= 0.3 is 0 Å². The molecule has 5 rings (SSSR count). The van der Waals surface area contributed by atoms with E-state index in [1.807, 2.05) is 30.5 Å². The molecule has 1 spiro atoms. The van der Waals surface area contributed by atoms with Crippen LogP contribution in [0.2, 0.25) is 0 Å². The molecule has 2 aromatic rings. The van der Waals surface area contributed by atoms with Crippen LogP contribution in [-0.4, -0.2) is 35.3 Å². The van der Waals surface area contributed by atoms with Gasteiger partial charge in [0.2, 0.25) is 0 Å². The van der Waals surface area contributed by atoms with Crippen molar-refractivity contribution in [2.75, 3.05) is 19.0 Å². The van der Waals surface area contributed by atoms with Crippen molar-refractivity contribution in [3.05, 3.63) is 36.2 Å². The fraction of sp³-hybridized carbons (Fsp3) is 0.500. The van der Waals surface area contributed by atoms with Gasteiger partial charge in [-0.2, -0.15) is 0 Å². The molecule has 3 unspecified atom stereocenters. The van der Waals surface area contributed by atoms with Crippen molar-refractivity contribution in [3.8, 4) is 17.1 Å². The summed E-state index contributed by atoms with van der Waals surface area (Å²) in [6, 6.07) is 8.42. The van der Waals surface area contributed by atoms with Crippen LogP contribution < -0.4 is 10.1 Å². The van der Waals surface area contributed by atoms with E-state index in [0.29, 0.717) is 12.0 Å². The van der Waals surface area contributed by atoms with Gasteiger partial charge in [0.15, 0.2) is 5.82 Å². The summed E-state index contributed by atoms with van der Waals surface area (Å²) >= 11 is 0. The maximum Gasteiger partial charge on any atom is 0.159 e. The molecule has 2 fully saturated rings. The third-order valence-electron chi connectivity index (χ3n) is 6.03. The number of nitrogens with zero attached hydrogens (tertiary/aromatic N) is 2. The van der Waals surface area contributed by atoms with E-state index in [4.69, 9.17) is 14.5 Å². The summed E-state index contributed by atoms with van der Waals surface area (Å²) in [6.07, 6.45) is 7.73. The fourth-order valence-electron chi connectivity index (χ4n) is 4.71. The second-order valence-corrected chi connectivity index (χ2v) is 7.46. The topological polar surface area (TPSA) is 56.3 Å². The molecule has 130 valence electrons. The molecule has 1 N–H and O–H groups in total. The van der Waals surface area contributed by atoms with Crippen LogP contribution in [0.4, 0.5) is 5.69 Å². The summed E-state index contributed by atoms with van der Waals surface area (Å²) in [5.74, 6) is 2.07. The number of aromatic nitrogens is 2. The van der Waals surface area contributed by atoms with Crippen molar-refractivity contribution < 1.29 is 9.47 Å². The number of anilines is 1. The Hall–Kier alpha value is -2.14. The van der Waals surface area contributed by atoms with Gasteiger partial charge in [0, 0.05) is 24.1 Å². The Labute approximate surface area is 147 Å². The average Bonchev–Trinajstić information content (AvgIpc) is 3.26. The van der Waals surface area contributed by atoms with E-state index in [9.17, 15) is 0 Å². The molecule has 1 saturated carbocycles. The van der Waals surface area contributed by atoms with Gasteiger partial charge in [-0.15, -0.1) is 0 Å². The van der Waals surface area contributed by atoms with Gasteiger partial charge in [-0.05, 0) is 56.4 Å². The molecular weight excluding hydrogens is 314 g/mol. The Morgan fingerprint density at radius 3 is 2.88 bits per heavy atom. The highest BCUT2D eigenvalue weighted by molar-refractivity contribution is 5.62. The minimum atomic E-state index is 0.0929. The first kappa shape index (κ1) is 15.1. The summed E-state index contributed by atoms with van der Waals surface area (Å²) in [7, 11) is 1.68. The quantitative estimate of drug-likeness (QED) is 0.904. The van der Waals surface area contributed by atoms with Crippen molar-refractivity contribution >= 4 is 5.69 Å². The zero-order valence-corrected chi connectivity index (χ0v) is 14.5. The van der Waals surface area contributed by atoms with Gasteiger partial charge in [-0.1, -0.05) is 0 Å². The van der Waals surface area contributed by atoms with E-state index in [0.717, 1.165) is 48.7 Å². The maximum absolute atomic E-state index is 6.16. The minimum Gasteiger partial charge on any atom is -0.497 e. The van der Waals surface area contributed by atoms with Crippen LogP contribution in [0.25, 0.3) is 11.4 Å². The molecule has 0 bridgehead atoms. The lowest BCUT2D eigenvalue weighted by atomic mass is 9.74. The highest BCUT2D eigenvalue weighted by Gasteiger charge is 2.47. The van der Waals surface area contributed by atoms with Gasteiger partial charge in [-0.3, -0.25) is 0 Å². The van der Waals surface area contributed by atoms with Crippen LogP contribution in [0, 0.1) is 0 Å². The first-order chi connectivity index (χ1) is 12.3. The standard InChI is InChI=1S/C20H23N3O2/c1-24-14-5-3-13(4-6-14)19-21-12-17-18(23-19)15-11-20(8-2-10-25-20)9-7-16(15)22-17/h3-6,12,15-16,22H,2,7-11H2,1H3. The van der Waals surface area contributed by atoms with Crippen molar-refractivity contribution in [2.45, 2.75) is 49.7 Å². The number of rotatable bonds is 2. The van der Waals surface area contributed by atoms with Gasteiger partial charge in [0.25, 0.3) is 0 Å².